The average molecular weight is 279 g/mol. The van der Waals surface area contributed by atoms with Crippen molar-refractivity contribution in [3.05, 3.63) is 10.0 Å². The van der Waals surface area contributed by atoms with Crippen LogP contribution in [0.4, 0.5) is 0 Å². The highest BCUT2D eigenvalue weighted by atomic mass is 35.5. The van der Waals surface area contributed by atoms with Crippen LogP contribution in [0.15, 0.2) is 0 Å². The van der Waals surface area contributed by atoms with Gasteiger partial charge in [0.1, 0.15) is 10.0 Å². The summed E-state index contributed by atoms with van der Waals surface area (Å²) in [5.41, 5.74) is 0. The van der Waals surface area contributed by atoms with Gasteiger partial charge in [0.05, 0.1) is 6.54 Å². The Bertz CT molecular complexity index is 343. The summed E-state index contributed by atoms with van der Waals surface area (Å²) in [6, 6.07) is 0. The molecule has 0 bridgehead atoms. The van der Waals surface area contributed by atoms with E-state index in [4.69, 9.17) is 0 Å². The molecule has 0 atom stereocenters. The minimum atomic E-state index is 0. The predicted octanol–water partition coefficient (Wildman–Crippen LogP) is 1.31. The van der Waals surface area contributed by atoms with Crippen LogP contribution in [0.5, 0.6) is 0 Å². The molecule has 0 saturated heterocycles. The standard InChI is InChI=1S/C10H18N4OS.ClH/c1-7(2)10-14-13-9(16-10)6-12-8(15)4-5-11-3;/h7,11H,4-6H2,1-3H3,(H,12,15);1H. The van der Waals surface area contributed by atoms with Crippen LogP contribution in [-0.4, -0.2) is 29.7 Å². The van der Waals surface area contributed by atoms with Crippen LogP contribution >= 0.6 is 23.7 Å². The molecule has 1 aromatic heterocycles. The van der Waals surface area contributed by atoms with Crippen LogP contribution in [-0.2, 0) is 11.3 Å². The maximum absolute atomic E-state index is 11.3. The molecule has 1 aromatic rings. The van der Waals surface area contributed by atoms with Gasteiger partial charge >= 0.3 is 0 Å². The minimum absolute atomic E-state index is 0. The van der Waals surface area contributed by atoms with Gasteiger partial charge in [0, 0.05) is 18.9 Å². The first-order valence-corrected chi connectivity index (χ1v) is 6.18. The number of hydrogen-bond acceptors (Lipinski definition) is 5. The SMILES string of the molecule is CNCCC(=O)NCc1nnc(C(C)C)s1.Cl. The quantitative estimate of drug-likeness (QED) is 0.823. The third-order valence-corrected chi connectivity index (χ3v) is 3.24. The van der Waals surface area contributed by atoms with E-state index in [9.17, 15) is 4.79 Å². The van der Waals surface area contributed by atoms with Crippen LogP contribution in [0.1, 0.15) is 36.2 Å². The fourth-order valence-electron chi connectivity index (χ4n) is 1.07. The molecule has 0 aliphatic carbocycles. The molecule has 1 amide bonds. The molecule has 0 aromatic carbocycles. The van der Waals surface area contributed by atoms with Crippen molar-refractivity contribution >= 4 is 29.7 Å². The maximum Gasteiger partial charge on any atom is 0.221 e. The Morgan fingerprint density at radius 1 is 1.41 bits per heavy atom. The van der Waals surface area contributed by atoms with E-state index < -0.39 is 0 Å². The second-order valence-electron chi connectivity index (χ2n) is 3.82. The molecule has 7 heteroatoms. The maximum atomic E-state index is 11.3. The third-order valence-electron chi connectivity index (χ3n) is 2.02. The van der Waals surface area contributed by atoms with Gasteiger partial charge in [0.15, 0.2) is 0 Å². The first kappa shape index (κ1) is 16.3. The second-order valence-corrected chi connectivity index (χ2v) is 4.91. The number of carbonyl (C=O) groups excluding carboxylic acids is 1. The van der Waals surface area contributed by atoms with Gasteiger partial charge in [-0.2, -0.15) is 0 Å². The molecule has 1 heterocycles. The molecule has 98 valence electrons. The van der Waals surface area contributed by atoms with Crippen molar-refractivity contribution in [1.29, 1.82) is 0 Å². The first-order chi connectivity index (χ1) is 7.63. The van der Waals surface area contributed by atoms with Gasteiger partial charge in [0.25, 0.3) is 0 Å². The molecule has 0 aliphatic rings. The number of carbonyl (C=O) groups is 1. The van der Waals surface area contributed by atoms with Gasteiger partial charge in [-0.1, -0.05) is 25.2 Å². The fraction of sp³-hybridized carbons (Fsp3) is 0.700. The average Bonchev–Trinajstić information content (AvgIpc) is 2.72. The summed E-state index contributed by atoms with van der Waals surface area (Å²) in [5, 5.41) is 15.7. The number of aromatic nitrogens is 2. The largest absolute Gasteiger partial charge is 0.349 e. The van der Waals surface area contributed by atoms with Gasteiger partial charge in [-0.15, -0.1) is 22.6 Å². The zero-order valence-corrected chi connectivity index (χ0v) is 12.0. The Morgan fingerprint density at radius 3 is 2.65 bits per heavy atom. The zero-order chi connectivity index (χ0) is 12.0. The predicted molar refractivity (Wildman–Crippen MR) is 71.6 cm³/mol. The lowest BCUT2D eigenvalue weighted by Gasteiger charge is -2.01. The Kier molecular flexibility index (Phi) is 8.03. The summed E-state index contributed by atoms with van der Waals surface area (Å²) in [6.45, 7) is 5.33. The van der Waals surface area contributed by atoms with Crippen LogP contribution < -0.4 is 10.6 Å². The van der Waals surface area contributed by atoms with Gasteiger partial charge in [-0.3, -0.25) is 4.79 Å². The highest BCUT2D eigenvalue weighted by molar-refractivity contribution is 7.11. The number of rotatable bonds is 6. The number of nitrogens with one attached hydrogen (secondary N) is 2. The second kappa shape index (κ2) is 8.38. The number of hydrogen-bond donors (Lipinski definition) is 2. The molecule has 0 saturated carbocycles. The van der Waals surface area contributed by atoms with Crippen molar-refractivity contribution in [2.45, 2.75) is 32.7 Å². The molecule has 5 nitrogen and oxygen atoms in total. The van der Waals surface area contributed by atoms with Crippen LogP contribution in [0, 0.1) is 0 Å². The minimum Gasteiger partial charge on any atom is -0.349 e. The number of halogens is 1. The smallest absolute Gasteiger partial charge is 0.221 e. The van der Waals surface area contributed by atoms with Crippen molar-refractivity contribution in [1.82, 2.24) is 20.8 Å². The van der Waals surface area contributed by atoms with Crippen molar-refractivity contribution in [2.75, 3.05) is 13.6 Å². The zero-order valence-electron chi connectivity index (χ0n) is 10.3. The molecular formula is C10H19ClN4OS. The van der Waals surface area contributed by atoms with Gasteiger partial charge in [0.2, 0.25) is 5.91 Å². The molecular weight excluding hydrogens is 260 g/mol. The van der Waals surface area contributed by atoms with Crippen molar-refractivity contribution in [2.24, 2.45) is 0 Å². The summed E-state index contributed by atoms with van der Waals surface area (Å²) >= 11 is 1.55. The van der Waals surface area contributed by atoms with Gasteiger partial charge in [-0.25, -0.2) is 0 Å². The van der Waals surface area contributed by atoms with Crippen molar-refractivity contribution < 1.29 is 4.79 Å². The summed E-state index contributed by atoms with van der Waals surface area (Å²) in [5.74, 6) is 0.432. The van der Waals surface area contributed by atoms with Crippen LogP contribution in [0.3, 0.4) is 0 Å². The molecule has 2 N–H and O–H groups in total. The molecule has 0 radical (unpaired) electrons. The Morgan fingerprint density at radius 2 is 2.12 bits per heavy atom. The lowest BCUT2D eigenvalue weighted by atomic mass is 10.2. The van der Waals surface area contributed by atoms with E-state index >= 15 is 0 Å². The Balaban J connectivity index is 0.00000256. The summed E-state index contributed by atoms with van der Waals surface area (Å²) < 4.78 is 0. The fourth-order valence-corrected chi connectivity index (χ4v) is 1.86. The third kappa shape index (κ3) is 5.95. The van der Waals surface area contributed by atoms with Crippen molar-refractivity contribution in [3.8, 4) is 0 Å². The first-order valence-electron chi connectivity index (χ1n) is 5.37. The van der Waals surface area contributed by atoms with E-state index in [0.717, 1.165) is 10.0 Å². The molecule has 0 unspecified atom stereocenters. The van der Waals surface area contributed by atoms with E-state index in [1.54, 1.807) is 11.3 Å². The van der Waals surface area contributed by atoms with E-state index in [1.165, 1.54) is 0 Å². The topological polar surface area (TPSA) is 66.9 Å². The molecule has 17 heavy (non-hydrogen) atoms. The van der Waals surface area contributed by atoms with Crippen molar-refractivity contribution in [3.63, 3.8) is 0 Å². The van der Waals surface area contributed by atoms with Gasteiger partial charge < -0.3 is 10.6 Å². The summed E-state index contributed by atoms with van der Waals surface area (Å²) in [6.07, 6.45) is 0.492. The highest BCUT2D eigenvalue weighted by Gasteiger charge is 2.08. The van der Waals surface area contributed by atoms with Crippen LogP contribution in [0.2, 0.25) is 0 Å². The van der Waals surface area contributed by atoms with Crippen LogP contribution in [0.25, 0.3) is 0 Å². The monoisotopic (exact) mass is 278 g/mol. The Labute approximate surface area is 112 Å². The molecule has 0 aliphatic heterocycles. The van der Waals surface area contributed by atoms with E-state index in [-0.39, 0.29) is 18.3 Å². The van der Waals surface area contributed by atoms with E-state index in [2.05, 4.69) is 34.7 Å². The molecule has 0 spiro atoms. The summed E-state index contributed by atoms with van der Waals surface area (Å²) in [7, 11) is 1.83. The molecule has 1 rings (SSSR count). The lowest BCUT2D eigenvalue weighted by molar-refractivity contribution is -0.121. The normalized spacial score (nSPS) is 10.1. The number of nitrogens with zero attached hydrogens (tertiary/aromatic N) is 2. The highest BCUT2D eigenvalue weighted by Crippen LogP contribution is 2.18. The summed E-state index contributed by atoms with van der Waals surface area (Å²) in [4.78, 5) is 11.3. The van der Waals surface area contributed by atoms with E-state index in [0.29, 0.717) is 25.4 Å². The van der Waals surface area contributed by atoms with E-state index in [1.807, 2.05) is 7.05 Å². The van der Waals surface area contributed by atoms with Gasteiger partial charge in [-0.05, 0) is 7.05 Å². The lowest BCUT2D eigenvalue weighted by Crippen LogP contribution is -2.26. The Hall–Kier alpha value is -0.720. The molecule has 0 fully saturated rings. The number of amides is 1.